The molecule has 0 atom stereocenters. The second-order valence-electron chi connectivity index (χ2n) is 9.16. The lowest BCUT2D eigenvalue weighted by Gasteiger charge is -2.36. The van der Waals surface area contributed by atoms with Gasteiger partial charge in [-0.1, -0.05) is 81.1 Å². The summed E-state index contributed by atoms with van der Waals surface area (Å²) < 4.78 is 1.49. The van der Waals surface area contributed by atoms with Crippen LogP contribution in [0.15, 0.2) is 85.0 Å². The Morgan fingerprint density at radius 2 is 1.88 bits per heavy atom. The predicted molar refractivity (Wildman–Crippen MR) is 150 cm³/mol. The zero-order chi connectivity index (χ0) is 23.1. The van der Waals surface area contributed by atoms with E-state index in [-0.39, 0.29) is 0 Å². The molecule has 0 saturated heterocycles. The van der Waals surface area contributed by atoms with E-state index in [1.165, 1.54) is 54.2 Å². The average Bonchev–Trinajstić information content (AvgIpc) is 3.32. The van der Waals surface area contributed by atoms with Crippen molar-refractivity contribution in [3.05, 3.63) is 95.4 Å². The third kappa shape index (κ3) is 3.46. The fourth-order valence-electron chi connectivity index (χ4n) is 5.25. The Balaban J connectivity index is 1.72. The van der Waals surface area contributed by atoms with Gasteiger partial charge < -0.3 is 4.90 Å². The highest BCUT2D eigenvalue weighted by atomic mass is 32.1. The summed E-state index contributed by atoms with van der Waals surface area (Å²) in [5.74, 6) is 0.492. The van der Waals surface area contributed by atoms with Crippen LogP contribution in [0.3, 0.4) is 0 Å². The van der Waals surface area contributed by atoms with Gasteiger partial charge in [0, 0.05) is 22.8 Å². The lowest BCUT2D eigenvalue weighted by molar-refractivity contribution is 0.740. The molecule has 2 aliphatic rings. The average molecular weight is 447 g/mol. The highest BCUT2D eigenvalue weighted by molar-refractivity contribution is 7.30. The van der Waals surface area contributed by atoms with Gasteiger partial charge in [0.25, 0.3) is 6.71 Å². The fourth-order valence-corrected chi connectivity index (χ4v) is 6.62. The quantitative estimate of drug-likeness (QED) is 0.246. The second kappa shape index (κ2) is 8.72. The fraction of sp³-hybridized carbons (Fsp3) is 0.200. The van der Waals surface area contributed by atoms with E-state index in [1.807, 2.05) is 23.5 Å². The first kappa shape index (κ1) is 21.8. The first-order valence-corrected chi connectivity index (χ1v) is 12.6. The van der Waals surface area contributed by atoms with Crippen molar-refractivity contribution in [3.63, 3.8) is 0 Å². The van der Waals surface area contributed by atoms with Gasteiger partial charge in [-0.25, -0.2) is 0 Å². The Morgan fingerprint density at radius 1 is 1.09 bits per heavy atom. The molecule has 164 valence electrons. The van der Waals surface area contributed by atoms with Crippen LogP contribution in [0.4, 0.5) is 11.4 Å². The SMILES string of the molecule is C=C/C=C\c1sc2c(c1C)-c1cccc3c1B2c1ccccc1N3C/C(=C/C=C\C)C(C)C. The number of anilines is 2. The molecule has 1 nitrogen and oxygen atoms in total. The normalized spacial score (nSPS) is 14.4. The number of para-hydroxylation sites is 1. The van der Waals surface area contributed by atoms with Crippen molar-refractivity contribution < 1.29 is 0 Å². The van der Waals surface area contributed by atoms with Gasteiger partial charge in [0.2, 0.25) is 0 Å². The molecule has 0 amide bonds. The first-order chi connectivity index (χ1) is 16.1. The van der Waals surface area contributed by atoms with Gasteiger partial charge in [-0.3, -0.25) is 0 Å². The Kier molecular flexibility index (Phi) is 5.76. The van der Waals surface area contributed by atoms with E-state index < -0.39 is 0 Å². The van der Waals surface area contributed by atoms with Crippen LogP contribution < -0.4 is 20.6 Å². The lowest BCUT2D eigenvalue weighted by Crippen LogP contribution is -2.55. The van der Waals surface area contributed by atoms with Crippen molar-refractivity contribution in [1.82, 2.24) is 0 Å². The van der Waals surface area contributed by atoms with Crippen LogP contribution in [0.2, 0.25) is 0 Å². The maximum Gasteiger partial charge on any atom is 0.260 e. The molecule has 3 heteroatoms. The van der Waals surface area contributed by atoms with Crippen molar-refractivity contribution in [3.8, 4) is 11.1 Å². The van der Waals surface area contributed by atoms with Crippen LogP contribution in [-0.4, -0.2) is 13.3 Å². The highest BCUT2D eigenvalue weighted by Crippen LogP contribution is 2.40. The van der Waals surface area contributed by atoms with Crippen LogP contribution in [-0.2, 0) is 0 Å². The lowest BCUT2D eigenvalue weighted by atomic mass is 9.40. The maximum absolute atomic E-state index is 3.85. The smallest absolute Gasteiger partial charge is 0.260 e. The number of allylic oxidation sites excluding steroid dienone is 5. The summed E-state index contributed by atoms with van der Waals surface area (Å²) in [7, 11) is 0. The van der Waals surface area contributed by atoms with Crippen molar-refractivity contribution in [2.24, 2.45) is 5.92 Å². The molecule has 0 saturated carbocycles. The Morgan fingerprint density at radius 3 is 2.64 bits per heavy atom. The van der Waals surface area contributed by atoms with E-state index in [1.54, 1.807) is 0 Å². The number of hydrogen-bond acceptors (Lipinski definition) is 2. The van der Waals surface area contributed by atoms with Crippen molar-refractivity contribution in [1.29, 1.82) is 0 Å². The molecular weight excluding hydrogens is 417 g/mol. The summed E-state index contributed by atoms with van der Waals surface area (Å²) >= 11 is 1.94. The van der Waals surface area contributed by atoms with Gasteiger partial charge in [-0.2, -0.15) is 0 Å². The Labute approximate surface area is 202 Å². The van der Waals surface area contributed by atoms with Gasteiger partial charge in [-0.05, 0) is 75.9 Å². The standard InChI is InChI=1S/C30H30BNS/c1-6-8-13-22(20(3)4)19-32-25-16-11-10-15-24(25)31-29-23(14-12-17-26(29)32)28-21(5)27(18-9-7-2)33-30(28)31/h6-18,20H,2,19H2,1,3-5H3/b8-6-,18-9-,22-13-. The summed E-state index contributed by atoms with van der Waals surface area (Å²) in [5, 5.41) is 0. The van der Waals surface area contributed by atoms with Crippen LogP contribution >= 0.6 is 11.3 Å². The topological polar surface area (TPSA) is 3.24 Å². The van der Waals surface area contributed by atoms with Gasteiger partial charge in [-0.15, -0.1) is 11.3 Å². The molecule has 0 fully saturated rings. The number of hydrogen-bond donors (Lipinski definition) is 0. The maximum atomic E-state index is 3.85. The van der Waals surface area contributed by atoms with Crippen LogP contribution in [0.25, 0.3) is 17.2 Å². The van der Waals surface area contributed by atoms with Crippen molar-refractivity contribution in [2.45, 2.75) is 27.7 Å². The molecule has 0 spiro atoms. The van der Waals surface area contributed by atoms with Gasteiger partial charge >= 0.3 is 0 Å². The summed E-state index contributed by atoms with van der Waals surface area (Å²) in [4.78, 5) is 3.89. The number of fused-ring (bicyclic) bond motifs is 5. The molecule has 2 aromatic carbocycles. The molecule has 3 heterocycles. The minimum absolute atomic E-state index is 0.315. The summed E-state index contributed by atoms with van der Waals surface area (Å²) in [6.07, 6.45) is 12.7. The molecule has 0 aliphatic carbocycles. The molecular formula is C30H30BNS. The van der Waals surface area contributed by atoms with E-state index in [4.69, 9.17) is 0 Å². The number of benzene rings is 2. The number of rotatable bonds is 6. The largest absolute Gasteiger partial charge is 0.338 e. The van der Waals surface area contributed by atoms with E-state index in [2.05, 4.69) is 106 Å². The van der Waals surface area contributed by atoms with Gasteiger partial charge in [0.15, 0.2) is 0 Å². The number of nitrogens with zero attached hydrogens (tertiary/aromatic N) is 1. The molecule has 0 unspecified atom stereocenters. The minimum Gasteiger partial charge on any atom is -0.338 e. The van der Waals surface area contributed by atoms with E-state index in [9.17, 15) is 0 Å². The Hall–Kier alpha value is -3.04. The third-order valence-corrected chi connectivity index (χ3v) is 8.23. The number of thiophene rings is 1. The van der Waals surface area contributed by atoms with Gasteiger partial charge in [0.05, 0.1) is 0 Å². The van der Waals surface area contributed by atoms with Crippen molar-refractivity contribution >= 4 is 51.2 Å². The minimum atomic E-state index is 0.315. The van der Waals surface area contributed by atoms with Gasteiger partial charge in [0.1, 0.15) is 0 Å². The molecule has 3 aromatic rings. The van der Waals surface area contributed by atoms with Crippen LogP contribution in [0.5, 0.6) is 0 Å². The monoisotopic (exact) mass is 447 g/mol. The molecule has 33 heavy (non-hydrogen) atoms. The van der Waals surface area contributed by atoms with E-state index >= 15 is 0 Å². The van der Waals surface area contributed by atoms with Crippen LogP contribution in [0, 0.1) is 12.8 Å². The highest BCUT2D eigenvalue weighted by Gasteiger charge is 2.44. The summed E-state index contributed by atoms with van der Waals surface area (Å²) in [6, 6.07) is 15.9. The van der Waals surface area contributed by atoms with Crippen molar-refractivity contribution in [2.75, 3.05) is 11.4 Å². The molecule has 2 aliphatic heterocycles. The van der Waals surface area contributed by atoms with E-state index in [0.29, 0.717) is 12.6 Å². The first-order valence-electron chi connectivity index (χ1n) is 11.8. The molecule has 1 aromatic heterocycles. The Bertz CT molecular complexity index is 1320. The second-order valence-corrected chi connectivity index (χ2v) is 10.2. The predicted octanol–water partition coefficient (Wildman–Crippen LogP) is 6.36. The van der Waals surface area contributed by atoms with Crippen LogP contribution in [0.1, 0.15) is 31.2 Å². The molecule has 5 rings (SSSR count). The summed E-state index contributed by atoms with van der Waals surface area (Å²) in [5.41, 5.74) is 11.3. The molecule has 0 radical (unpaired) electrons. The molecule has 0 bridgehead atoms. The molecule has 0 N–H and O–H groups in total. The zero-order valence-electron chi connectivity index (χ0n) is 19.9. The third-order valence-electron chi connectivity index (χ3n) is 6.91. The van der Waals surface area contributed by atoms with E-state index in [0.717, 1.165) is 6.54 Å². The summed E-state index contributed by atoms with van der Waals surface area (Å²) in [6.45, 7) is 14.0. The zero-order valence-corrected chi connectivity index (χ0v) is 20.7.